The van der Waals surface area contributed by atoms with Crippen LogP contribution in [0.3, 0.4) is 0 Å². The van der Waals surface area contributed by atoms with Gasteiger partial charge < -0.3 is 0 Å². The number of aromatic nitrogens is 3. The van der Waals surface area contributed by atoms with E-state index in [0.29, 0.717) is 12.2 Å². The van der Waals surface area contributed by atoms with Gasteiger partial charge in [-0.1, -0.05) is 20.8 Å². The SMILES string of the molecule is CCC(C)(C)c1n[nH]c(=S)n1CC(F)(F)F. The molecule has 1 heterocycles. The number of hydrogen-bond donors (Lipinski definition) is 1. The molecule has 0 amide bonds. The minimum absolute atomic E-state index is 0.00819. The third-order valence-electron chi connectivity index (χ3n) is 2.58. The summed E-state index contributed by atoms with van der Waals surface area (Å²) >= 11 is 4.80. The zero-order chi connectivity index (χ0) is 12.6. The molecule has 0 aromatic carbocycles. The highest BCUT2D eigenvalue weighted by Crippen LogP contribution is 2.27. The van der Waals surface area contributed by atoms with E-state index in [1.165, 1.54) is 0 Å². The molecule has 16 heavy (non-hydrogen) atoms. The second-order valence-corrected chi connectivity index (χ2v) is 4.68. The smallest absolute Gasteiger partial charge is 0.294 e. The molecule has 0 spiro atoms. The van der Waals surface area contributed by atoms with Crippen LogP contribution in [0, 0.1) is 4.77 Å². The van der Waals surface area contributed by atoms with E-state index in [1.54, 1.807) is 0 Å². The van der Waals surface area contributed by atoms with Crippen molar-refractivity contribution in [1.82, 2.24) is 14.8 Å². The number of halogens is 3. The first-order valence-corrected chi connectivity index (χ1v) is 5.30. The van der Waals surface area contributed by atoms with Crippen molar-refractivity contribution in [2.75, 3.05) is 0 Å². The topological polar surface area (TPSA) is 33.6 Å². The number of hydrogen-bond acceptors (Lipinski definition) is 2. The summed E-state index contributed by atoms with van der Waals surface area (Å²) in [5.74, 6) is 0.345. The largest absolute Gasteiger partial charge is 0.406 e. The van der Waals surface area contributed by atoms with Crippen molar-refractivity contribution in [3.8, 4) is 0 Å². The molecule has 0 bridgehead atoms. The Morgan fingerprint density at radius 2 is 1.94 bits per heavy atom. The fourth-order valence-electron chi connectivity index (χ4n) is 1.32. The van der Waals surface area contributed by atoms with Crippen molar-refractivity contribution in [3.05, 3.63) is 10.6 Å². The van der Waals surface area contributed by atoms with Gasteiger partial charge >= 0.3 is 6.18 Å². The second-order valence-electron chi connectivity index (χ2n) is 4.29. The molecule has 0 fully saturated rings. The van der Waals surface area contributed by atoms with Crippen LogP contribution in [0.5, 0.6) is 0 Å². The average Bonchev–Trinajstić information content (AvgIpc) is 2.46. The van der Waals surface area contributed by atoms with Crippen LogP contribution >= 0.6 is 12.2 Å². The van der Waals surface area contributed by atoms with E-state index in [4.69, 9.17) is 12.2 Å². The molecule has 0 atom stereocenters. The minimum atomic E-state index is -4.29. The fourth-order valence-corrected chi connectivity index (χ4v) is 1.52. The summed E-state index contributed by atoms with van der Waals surface area (Å²) in [5, 5.41) is 6.30. The maximum atomic E-state index is 12.4. The van der Waals surface area contributed by atoms with Crippen LogP contribution in [-0.4, -0.2) is 20.9 Å². The summed E-state index contributed by atoms with van der Waals surface area (Å²) < 4.78 is 38.1. The Labute approximate surface area is 96.7 Å². The van der Waals surface area contributed by atoms with E-state index in [-0.39, 0.29) is 4.77 Å². The number of alkyl halides is 3. The Balaban J connectivity index is 3.19. The van der Waals surface area contributed by atoms with Gasteiger partial charge in [-0.25, -0.2) is 0 Å². The number of nitrogens with one attached hydrogen (secondary N) is 1. The van der Waals surface area contributed by atoms with E-state index in [1.807, 2.05) is 20.8 Å². The monoisotopic (exact) mass is 253 g/mol. The van der Waals surface area contributed by atoms with E-state index >= 15 is 0 Å². The molecule has 0 aliphatic heterocycles. The Kier molecular flexibility index (Phi) is 3.47. The maximum Gasteiger partial charge on any atom is 0.406 e. The lowest BCUT2D eigenvalue weighted by atomic mass is 9.89. The van der Waals surface area contributed by atoms with E-state index in [0.717, 1.165) is 4.57 Å². The Morgan fingerprint density at radius 3 is 2.38 bits per heavy atom. The quantitative estimate of drug-likeness (QED) is 0.839. The van der Waals surface area contributed by atoms with Crippen molar-refractivity contribution in [3.63, 3.8) is 0 Å². The van der Waals surface area contributed by atoms with Gasteiger partial charge in [-0.15, -0.1) is 0 Å². The van der Waals surface area contributed by atoms with Crippen LogP contribution in [0.1, 0.15) is 33.0 Å². The van der Waals surface area contributed by atoms with Gasteiger partial charge in [0.15, 0.2) is 4.77 Å². The molecule has 3 nitrogen and oxygen atoms in total. The predicted molar refractivity (Wildman–Crippen MR) is 56.8 cm³/mol. The number of aromatic amines is 1. The van der Waals surface area contributed by atoms with E-state index < -0.39 is 18.1 Å². The Bertz CT molecular complexity index is 416. The summed E-state index contributed by atoms with van der Waals surface area (Å²) in [4.78, 5) is 0. The zero-order valence-electron chi connectivity index (χ0n) is 9.35. The molecule has 0 aliphatic rings. The second kappa shape index (κ2) is 4.20. The lowest BCUT2D eigenvalue weighted by Gasteiger charge is -2.22. The Morgan fingerprint density at radius 1 is 1.38 bits per heavy atom. The molecule has 0 radical (unpaired) electrons. The lowest BCUT2D eigenvalue weighted by Crippen LogP contribution is -2.26. The van der Waals surface area contributed by atoms with Gasteiger partial charge in [0.1, 0.15) is 12.4 Å². The lowest BCUT2D eigenvalue weighted by molar-refractivity contribution is -0.141. The molecule has 1 rings (SSSR count). The van der Waals surface area contributed by atoms with Crippen LogP contribution in [-0.2, 0) is 12.0 Å². The normalized spacial score (nSPS) is 13.1. The van der Waals surface area contributed by atoms with Crippen LogP contribution in [0.25, 0.3) is 0 Å². The van der Waals surface area contributed by atoms with Gasteiger partial charge in [-0.2, -0.15) is 18.3 Å². The highest BCUT2D eigenvalue weighted by molar-refractivity contribution is 7.71. The van der Waals surface area contributed by atoms with Gasteiger partial charge in [-0.05, 0) is 18.6 Å². The molecule has 0 saturated carbocycles. The summed E-state index contributed by atoms with van der Waals surface area (Å²) in [6.07, 6.45) is -3.61. The zero-order valence-corrected chi connectivity index (χ0v) is 10.2. The fraction of sp³-hybridized carbons (Fsp3) is 0.778. The van der Waals surface area contributed by atoms with Gasteiger partial charge in [-0.3, -0.25) is 9.67 Å². The highest BCUT2D eigenvalue weighted by Gasteiger charge is 2.33. The third kappa shape index (κ3) is 2.84. The van der Waals surface area contributed by atoms with Crippen LogP contribution in [0.4, 0.5) is 13.2 Å². The Hall–Kier alpha value is -0.850. The van der Waals surface area contributed by atoms with Gasteiger partial charge in [0.25, 0.3) is 0 Å². The van der Waals surface area contributed by atoms with Crippen LogP contribution in [0.15, 0.2) is 0 Å². The third-order valence-corrected chi connectivity index (χ3v) is 2.90. The first-order valence-electron chi connectivity index (χ1n) is 4.90. The first kappa shape index (κ1) is 13.2. The molecule has 92 valence electrons. The molecule has 0 saturated heterocycles. The molecule has 7 heteroatoms. The van der Waals surface area contributed by atoms with Crippen molar-refractivity contribution in [1.29, 1.82) is 0 Å². The first-order chi connectivity index (χ1) is 7.17. The van der Waals surface area contributed by atoms with Crippen molar-refractivity contribution in [2.24, 2.45) is 0 Å². The van der Waals surface area contributed by atoms with E-state index in [9.17, 15) is 13.2 Å². The average molecular weight is 253 g/mol. The van der Waals surface area contributed by atoms with Crippen molar-refractivity contribution in [2.45, 2.75) is 45.3 Å². The summed E-state index contributed by atoms with van der Waals surface area (Å²) in [6, 6.07) is 0. The maximum absolute atomic E-state index is 12.4. The minimum Gasteiger partial charge on any atom is -0.294 e. The van der Waals surface area contributed by atoms with Gasteiger partial charge in [0, 0.05) is 5.41 Å². The molecule has 0 aliphatic carbocycles. The molecule has 1 N–H and O–H groups in total. The molecular formula is C9H14F3N3S. The van der Waals surface area contributed by atoms with Crippen LogP contribution < -0.4 is 0 Å². The molecule has 1 aromatic heterocycles. The summed E-state index contributed by atoms with van der Waals surface area (Å²) in [5.41, 5.74) is -0.432. The number of rotatable bonds is 3. The van der Waals surface area contributed by atoms with Crippen LogP contribution in [0.2, 0.25) is 0 Å². The molecular weight excluding hydrogens is 239 g/mol. The summed E-state index contributed by atoms with van der Waals surface area (Å²) in [6.45, 7) is 4.48. The number of nitrogens with zero attached hydrogens (tertiary/aromatic N) is 2. The van der Waals surface area contributed by atoms with Gasteiger partial charge in [0.2, 0.25) is 0 Å². The molecule has 1 aromatic rings. The molecule has 0 unspecified atom stereocenters. The predicted octanol–water partition coefficient (Wildman–Crippen LogP) is 3.19. The summed E-state index contributed by atoms with van der Waals surface area (Å²) in [7, 11) is 0. The van der Waals surface area contributed by atoms with Crippen molar-refractivity contribution < 1.29 is 13.2 Å². The standard InChI is InChI=1S/C9H14F3N3S/c1-4-8(2,3)6-13-14-7(16)15(6)5-9(10,11)12/h4-5H2,1-3H3,(H,14,16). The van der Waals surface area contributed by atoms with Crippen molar-refractivity contribution >= 4 is 12.2 Å². The van der Waals surface area contributed by atoms with E-state index in [2.05, 4.69) is 10.2 Å². The van der Waals surface area contributed by atoms with Gasteiger partial charge in [0.05, 0.1) is 0 Å². The number of H-pyrrole nitrogens is 1. The highest BCUT2D eigenvalue weighted by atomic mass is 32.1.